The van der Waals surface area contributed by atoms with Crippen LogP contribution >= 0.6 is 0 Å². The Labute approximate surface area is 124 Å². The van der Waals surface area contributed by atoms with E-state index in [0.717, 1.165) is 25.9 Å². The van der Waals surface area contributed by atoms with Crippen LogP contribution in [0, 0.1) is 17.3 Å². The van der Waals surface area contributed by atoms with Crippen molar-refractivity contribution >= 4 is 10.0 Å². The molecule has 4 nitrogen and oxygen atoms in total. The molecule has 1 aliphatic carbocycles. The fourth-order valence-corrected chi connectivity index (χ4v) is 4.92. The number of hydrogen-bond acceptors (Lipinski definition) is 3. The Morgan fingerprint density at radius 1 is 1.25 bits per heavy atom. The second-order valence-electron chi connectivity index (χ2n) is 8.04. The second-order valence-corrected chi connectivity index (χ2v) is 10.0. The van der Waals surface area contributed by atoms with Crippen LogP contribution in [0.1, 0.15) is 52.9 Å². The van der Waals surface area contributed by atoms with Crippen molar-refractivity contribution in [2.24, 2.45) is 23.0 Å². The molecule has 2 unspecified atom stereocenters. The van der Waals surface area contributed by atoms with Gasteiger partial charge in [0.05, 0.1) is 6.26 Å². The molecule has 5 heteroatoms. The fraction of sp³-hybridized carbons (Fsp3) is 1.00. The molecule has 1 aliphatic heterocycles. The molecule has 0 bridgehead atoms. The highest BCUT2D eigenvalue weighted by Gasteiger charge is 2.48. The maximum atomic E-state index is 11.6. The van der Waals surface area contributed by atoms with Crippen molar-refractivity contribution in [1.29, 1.82) is 0 Å². The predicted octanol–water partition coefficient (Wildman–Crippen LogP) is 2.20. The number of rotatable bonds is 3. The van der Waals surface area contributed by atoms with Crippen molar-refractivity contribution in [2.75, 3.05) is 19.3 Å². The van der Waals surface area contributed by atoms with Gasteiger partial charge in [0.1, 0.15) is 0 Å². The van der Waals surface area contributed by atoms with Gasteiger partial charge in [-0.15, -0.1) is 0 Å². The second kappa shape index (κ2) is 5.25. The number of nitrogens with zero attached hydrogens (tertiary/aromatic N) is 1. The molecule has 0 aromatic carbocycles. The highest BCUT2D eigenvalue weighted by atomic mass is 32.2. The largest absolute Gasteiger partial charge is 0.326 e. The minimum atomic E-state index is -3.00. The Balaban J connectivity index is 1.96. The molecule has 20 heavy (non-hydrogen) atoms. The fourth-order valence-electron chi connectivity index (χ4n) is 3.90. The first-order valence-corrected chi connectivity index (χ1v) is 9.60. The molecule has 2 fully saturated rings. The zero-order valence-electron chi connectivity index (χ0n) is 13.4. The topological polar surface area (TPSA) is 63.4 Å². The van der Waals surface area contributed by atoms with Gasteiger partial charge in [-0.3, -0.25) is 0 Å². The van der Waals surface area contributed by atoms with Gasteiger partial charge in [0, 0.05) is 18.6 Å². The first-order valence-electron chi connectivity index (χ1n) is 7.75. The zero-order chi connectivity index (χ0) is 15.2. The molecule has 1 heterocycles. The minimum absolute atomic E-state index is 0.102. The summed E-state index contributed by atoms with van der Waals surface area (Å²) in [6.45, 7) is 8.02. The Hall–Kier alpha value is -0.130. The highest BCUT2D eigenvalue weighted by molar-refractivity contribution is 7.88. The van der Waals surface area contributed by atoms with E-state index in [0.29, 0.717) is 11.8 Å². The predicted molar refractivity (Wildman–Crippen MR) is 82.9 cm³/mol. The molecule has 2 atom stereocenters. The Morgan fingerprint density at radius 3 is 2.30 bits per heavy atom. The van der Waals surface area contributed by atoms with Crippen LogP contribution in [0.2, 0.25) is 0 Å². The van der Waals surface area contributed by atoms with Crippen LogP contribution in [0.5, 0.6) is 0 Å². The lowest BCUT2D eigenvalue weighted by Gasteiger charge is -2.49. The van der Waals surface area contributed by atoms with E-state index >= 15 is 0 Å². The summed E-state index contributed by atoms with van der Waals surface area (Å²) in [7, 11) is -3.00. The quantitative estimate of drug-likeness (QED) is 0.869. The van der Waals surface area contributed by atoms with Crippen LogP contribution in [0.25, 0.3) is 0 Å². The highest BCUT2D eigenvalue weighted by Crippen LogP contribution is 2.47. The molecule has 118 valence electrons. The van der Waals surface area contributed by atoms with E-state index < -0.39 is 10.0 Å². The molecule has 0 aromatic rings. The molecule has 0 aromatic heterocycles. The summed E-state index contributed by atoms with van der Waals surface area (Å²) in [6.07, 6.45) is 7.11. The molecule has 0 radical (unpaired) electrons. The third kappa shape index (κ3) is 3.74. The first kappa shape index (κ1) is 16.2. The third-order valence-corrected chi connectivity index (χ3v) is 6.46. The summed E-state index contributed by atoms with van der Waals surface area (Å²) in [4.78, 5) is 0. The summed E-state index contributed by atoms with van der Waals surface area (Å²) in [5.74, 6) is 1.38. The molecular formula is C15H30N2O2S. The van der Waals surface area contributed by atoms with Gasteiger partial charge in [-0.2, -0.15) is 0 Å². The van der Waals surface area contributed by atoms with Crippen molar-refractivity contribution in [3.8, 4) is 0 Å². The molecule has 2 aliphatic rings. The normalized spacial score (nSPS) is 31.9. The molecule has 1 saturated carbocycles. The van der Waals surface area contributed by atoms with Gasteiger partial charge in [0.25, 0.3) is 0 Å². The van der Waals surface area contributed by atoms with Crippen LogP contribution in [0.4, 0.5) is 0 Å². The SMILES string of the molecule is CC1CCC2(CCC1CC(C)(C)N)CN(S(C)(=O)=O)C2. The summed E-state index contributed by atoms with van der Waals surface area (Å²) >= 11 is 0. The van der Waals surface area contributed by atoms with Gasteiger partial charge in [-0.05, 0) is 63.2 Å². The molecule has 1 saturated heterocycles. The van der Waals surface area contributed by atoms with Crippen LogP contribution < -0.4 is 5.73 Å². The van der Waals surface area contributed by atoms with E-state index in [2.05, 4.69) is 20.8 Å². The Bertz CT molecular complexity index is 447. The smallest absolute Gasteiger partial charge is 0.211 e. The van der Waals surface area contributed by atoms with Gasteiger partial charge in [-0.1, -0.05) is 6.92 Å². The van der Waals surface area contributed by atoms with Gasteiger partial charge in [-0.25, -0.2) is 12.7 Å². The lowest BCUT2D eigenvalue weighted by Crippen LogP contribution is -2.57. The van der Waals surface area contributed by atoms with Gasteiger partial charge in [0.2, 0.25) is 10.0 Å². The van der Waals surface area contributed by atoms with Gasteiger partial charge in [0.15, 0.2) is 0 Å². The molecule has 1 spiro atoms. The third-order valence-electron chi connectivity index (χ3n) is 5.26. The van der Waals surface area contributed by atoms with Gasteiger partial charge < -0.3 is 5.73 Å². The van der Waals surface area contributed by atoms with Crippen molar-refractivity contribution in [2.45, 2.75) is 58.4 Å². The van der Waals surface area contributed by atoms with Crippen LogP contribution in [-0.2, 0) is 10.0 Å². The van der Waals surface area contributed by atoms with E-state index in [4.69, 9.17) is 5.73 Å². The lowest BCUT2D eigenvalue weighted by atomic mass is 9.74. The lowest BCUT2D eigenvalue weighted by molar-refractivity contribution is 0.0521. The summed E-state index contributed by atoms with van der Waals surface area (Å²) in [6, 6.07) is 0. The number of hydrogen-bond donors (Lipinski definition) is 1. The summed E-state index contributed by atoms with van der Waals surface area (Å²) in [5, 5.41) is 0. The average Bonchev–Trinajstić information content (AvgIpc) is 2.35. The molecular weight excluding hydrogens is 272 g/mol. The van der Waals surface area contributed by atoms with E-state index in [9.17, 15) is 8.42 Å². The minimum Gasteiger partial charge on any atom is -0.326 e. The zero-order valence-corrected chi connectivity index (χ0v) is 14.2. The Morgan fingerprint density at radius 2 is 1.80 bits per heavy atom. The number of sulfonamides is 1. The van der Waals surface area contributed by atoms with E-state index in [1.165, 1.54) is 25.5 Å². The van der Waals surface area contributed by atoms with E-state index in [1.807, 2.05) is 0 Å². The first-order chi connectivity index (χ1) is 9.01. The van der Waals surface area contributed by atoms with E-state index in [1.54, 1.807) is 4.31 Å². The monoisotopic (exact) mass is 302 g/mol. The maximum absolute atomic E-state index is 11.6. The van der Waals surface area contributed by atoms with Crippen molar-refractivity contribution in [1.82, 2.24) is 4.31 Å². The molecule has 2 N–H and O–H groups in total. The summed E-state index contributed by atoms with van der Waals surface area (Å²) in [5.41, 5.74) is 6.34. The van der Waals surface area contributed by atoms with Crippen molar-refractivity contribution in [3.63, 3.8) is 0 Å². The van der Waals surface area contributed by atoms with Crippen molar-refractivity contribution < 1.29 is 8.42 Å². The maximum Gasteiger partial charge on any atom is 0.211 e. The van der Waals surface area contributed by atoms with Crippen LogP contribution in [-0.4, -0.2) is 37.6 Å². The van der Waals surface area contributed by atoms with Gasteiger partial charge >= 0.3 is 0 Å². The number of nitrogens with two attached hydrogens (primary N) is 1. The van der Waals surface area contributed by atoms with Crippen molar-refractivity contribution in [3.05, 3.63) is 0 Å². The standard InChI is InChI=1S/C15H30N2O2S/c1-12-5-7-15(10-17(11-15)20(4,18)19)8-6-13(12)9-14(2,3)16/h12-13H,5-11,16H2,1-4H3. The molecule has 0 amide bonds. The Kier molecular flexibility index (Phi) is 4.27. The van der Waals surface area contributed by atoms with Crippen LogP contribution in [0.3, 0.4) is 0 Å². The molecule has 2 rings (SSSR count). The average molecular weight is 302 g/mol. The van der Waals surface area contributed by atoms with Crippen LogP contribution in [0.15, 0.2) is 0 Å². The summed E-state index contributed by atoms with van der Waals surface area (Å²) < 4.78 is 24.7. The van der Waals surface area contributed by atoms with E-state index in [-0.39, 0.29) is 11.0 Å².